The van der Waals surface area contributed by atoms with E-state index in [1.165, 1.54) is 0 Å². The van der Waals surface area contributed by atoms with Crippen LogP contribution in [0.4, 0.5) is 0 Å². The molecule has 1 N–H and O–H groups in total. The first-order chi connectivity index (χ1) is 7.50. The largest absolute Gasteiger partial charge is 0.396 e. The molecule has 1 amide bonds. The normalized spacial score (nSPS) is 23.2. The second-order valence-corrected chi connectivity index (χ2v) is 6.30. The van der Waals surface area contributed by atoms with Crippen molar-refractivity contribution < 1.29 is 18.3 Å². The van der Waals surface area contributed by atoms with E-state index >= 15 is 0 Å². The maximum Gasteiger partial charge on any atom is 0.222 e. The standard InChI is InChI=1S/C10H19NO4S/c1-2-10(13)11(5-3-6-12)9-4-7-16(14,15)8-9/h9,12H,2-8H2,1H3/t9-/m1/s1. The van der Waals surface area contributed by atoms with Crippen LogP contribution in [0.3, 0.4) is 0 Å². The highest BCUT2D eigenvalue weighted by molar-refractivity contribution is 7.91. The van der Waals surface area contributed by atoms with E-state index in [1.807, 2.05) is 0 Å². The van der Waals surface area contributed by atoms with Gasteiger partial charge in [0.1, 0.15) is 0 Å². The lowest BCUT2D eigenvalue weighted by Crippen LogP contribution is -2.41. The molecule has 0 aliphatic carbocycles. The molecule has 1 fully saturated rings. The minimum Gasteiger partial charge on any atom is -0.396 e. The SMILES string of the molecule is CCC(=O)N(CCCO)[C@@H]1CCS(=O)(=O)C1. The number of hydrogen-bond donors (Lipinski definition) is 1. The third-order valence-electron chi connectivity index (χ3n) is 2.83. The second-order valence-electron chi connectivity index (χ2n) is 4.07. The van der Waals surface area contributed by atoms with Crippen molar-refractivity contribution in [1.82, 2.24) is 4.90 Å². The molecule has 6 heteroatoms. The van der Waals surface area contributed by atoms with Gasteiger partial charge in [-0.25, -0.2) is 8.42 Å². The fourth-order valence-corrected chi connectivity index (χ4v) is 3.71. The van der Waals surface area contributed by atoms with Crippen molar-refractivity contribution in [3.8, 4) is 0 Å². The van der Waals surface area contributed by atoms with Crippen molar-refractivity contribution in [2.24, 2.45) is 0 Å². The van der Waals surface area contributed by atoms with E-state index in [0.717, 1.165) is 0 Å². The van der Waals surface area contributed by atoms with Crippen LogP contribution in [0.25, 0.3) is 0 Å². The number of amides is 1. The molecule has 16 heavy (non-hydrogen) atoms. The zero-order chi connectivity index (χ0) is 12.2. The van der Waals surface area contributed by atoms with Crippen LogP contribution in [0.15, 0.2) is 0 Å². The predicted molar refractivity (Wildman–Crippen MR) is 60.8 cm³/mol. The molecule has 0 aromatic carbocycles. The monoisotopic (exact) mass is 249 g/mol. The predicted octanol–water partition coefficient (Wildman–Crippen LogP) is -0.205. The van der Waals surface area contributed by atoms with Gasteiger partial charge in [0.2, 0.25) is 5.91 Å². The van der Waals surface area contributed by atoms with E-state index in [0.29, 0.717) is 25.8 Å². The van der Waals surface area contributed by atoms with Gasteiger partial charge in [0.05, 0.1) is 11.5 Å². The van der Waals surface area contributed by atoms with Gasteiger partial charge in [0.15, 0.2) is 9.84 Å². The molecule has 0 radical (unpaired) electrons. The molecule has 94 valence electrons. The summed E-state index contributed by atoms with van der Waals surface area (Å²) in [5.41, 5.74) is 0. The van der Waals surface area contributed by atoms with Gasteiger partial charge in [-0.3, -0.25) is 4.79 Å². The summed E-state index contributed by atoms with van der Waals surface area (Å²) in [5, 5.41) is 8.76. The third kappa shape index (κ3) is 3.45. The van der Waals surface area contributed by atoms with Crippen LogP contribution in [0.2, 0.25) is 0 Å². The highest BCUT2D eigenvalue weighted by Crippen LogP contribution is 2.18. The Kier molecular flexibility index (Phi) is 4.73. The minimum absolute atomic E-state index is 0.0208. The quantitative estimate of drug-likeness (QED) is 0.732. The van der Waals surface area contributed by atoms with E-state index in [4.69, 9.17) is 5.11 Å². The van der Waals surface area contributed by atoms with Crippen molar-refractivity contribution in [1.29, 1.82) is 0 Å². The minimum atomic E-state index is -2.96. The van der Waals surface area contributed by atoms with Crippen LogP contribution in [0.5, 0.6) is 0 Å². The van der Waals surface area contributed by atoms with Crippen molar-refractivity contribution in [3.05, 3.63) is 0 Å². The summed E-state index contributed by atoms with van der Waals surface area (Å²) in [6.45, 7) is 2.23. The second kappa shape index (κ2) is 5.63. The number of carbonyl (C=O) groups is 1. The van der Waals surface area contributed by atoms with Gasteiger partial charge in [0.25, 0.3) is 0 Å². The van der Waals surface area contributed by atoms with E-state index in [1.54, 1.807) is 11.8 Å². The average molecular weight is 249 g/mol. The summed E-state index contributed by atoms with van der Waals surface area (Å²) in [7, 11) is -2.96. The summed E-state index contributed by atoms with van der Waals surface area (Å²) in [4.78, 5) is 13.3. The Hall–Kier alpha value is -0.620. The van der Waals surface area contributed by atoms with Crippen LogP contribution in [0, 0.1) is 0 Å². The van der Waals surface area contributed by atoms with Crippen molar-refractivity contribution in [2.75, 3.05) is 24.7 Å². The van der Waals surface area contributed by atoms with Crippen molar-refractivity contribution in [2.45, 2.75) is 32.2 Å². The van der Waals surface area contributed by atoms with Gasteiger partial charge in [0, 0.05) is 25.6 Å². The van der Waals surface area contributed by atoms with E-state index in [-0.39, 0.29) is 30.1 Å². The number of nitrogens with zero attached hydrogens (tertiary/aromatic N) is 1. The van der Waals surface area contributed by atoms with Gasteiger partial charge in [-0.15, -0.1) is 0 Å². The fraction of sp³-hybridized carbons (Fsp3) is 0.900. The van der Waals surface area contributed by atoms with Gasteiger partial charge in [-0.2, -0.15) is 0 Å². The highest BCUT2D eigenvalue weighted by Gasteiger charge is 2.33. The Morgan fingerprint density at radius 2 is 2.19 bits per heavy atom. The van der Waals surface area contributed by atoms with E-state index < -0.39 is 9.84 Å². The lowest BCUT2D eigenvalue weighted by molar-refractivity contribution is -0.132. The molecule has 1 rings (SSSR count). The molecule has 1 aliphatic rings. The summed E-state index contributed by atoms with van der Waals surface area (Å²) in [6.07, 6.45) is 1.41. The topological polar surface area (TPSA) is 74.7 Å². The molecule has 5 nitrogen and oxygen atoms in total. The van der Waals surface area contributed by atoms with E-state index in [9.17, 15) is 13.2 Å². The molecule has 1 aliphatic heterocycles. The van der Waals surface area contributed by atoms with Crippen molar-refractivity contribution >= 4 is 15.7 Å². The first-order valence-electron chi connectivity index (χ1n) is 5.61. The number of rotatable bonds is 5. The van der Waals surface area contributed by atoms with Gasteiger partial charge >= 0.3 is 0 Å². The number of hydrogen-bond acceptors (Lipinski definition) is 4. The number of sulfone groups is 1. The maximum absolute atomic E-state index is 11.7. The Morgan fingerprint density at radius 3 is 2.62 bits per heavy atom. The number of aliphatic hydroxyl groups is 1. The van der Waals surface area contributed by atoms with Crippen LogP contribution in [0.1, 0.15) is 26.2 Å². The molecular weight excluding hydrogens is 230 g/mol. The molecule has 0 aromatic heterocycles. The summed E-state index contributed by atoms with van der Waals surface area (Å²) in [6, 6.07) is -0.191. The summed E-state index contributed by atoms with van der Waals surface area (Å²) in [5.74, 6) is 0.213. The molecule has 0 bridgehead atoms. The third-order valence-corrected chi connectivity index (χ3v) is 4.58. The van der Waals surface area contributed by atoms with Gasteiger partial charge < -0.3 is 10.0 Å². The van der Waals surface area contributed by atoms with E-state index in [2.05, 4.69) is 0 Å². The first-order valence-corrected chi connectivity index (χ1v) is 7.43. The highest BCUT2D eigenvalue weighted by atomic mass is 32.2. The van der Waals surface area contributed by atoms with Crippen LogP contribution >= 0.6 is 0 Å². The lowest BCUT2D eigenvalue weighted by atomic mass is 10.2. The zero-order valence-electron chi connectivity index (χ0n) is 9.55. The Balaban J connectivity index is 2.66. The maximum atomic E-state index is 11.7. The molecule has 0 spiro atoms. The molecule has 1 saturated heterocycles. The molecule has 0 aromatic rings. The molecule has 1 heterocycles. The van der Waals surface area contributed by atoms with Gasteiger partial charge in [-0.1, -0.05) is 6.92 Å². The number of carbonyl (C=O) groups excluding carboxylic acids is 1. The Labute approximate surface area is 96.4 Å². The fourth-order valence-electron chi connectivity index (χ4n) is 1.98. The molecule has 0 saturated carbocycles. The lowest BCUT2D eigenvalue weighted by Gasteiger charge is -2.27. The van der Waals surface area contributed by atoms with Crippen LogP contribution in [-0.4, -0.2) is 55.0 Å². The zero-order valence-corrected chi connectivity index (χ0v) is 10.4. The molecule has 1 atom stereocenters. The summed E-state index contributed by atoms with van der Waals surface area (Å²) < 4.78 is 22.7. The Bertz CT molecular complexity index is 339. The summed E-state index contributed by atoms with van der Waals surface area (Å²) >= 11 is 0. The Morgan fingerprint density at radius 1 is 1.50 bits per heavy atom. The first kappa shape index (κ1) is 13.4. The molecule has 0 unspecified atom stereocenters. The van der Waals surface area contributed by atoms with Gasteiger partial charge in [-0.05, 0) is 12.8 Å². The average Bonchev–Trinajstić information content (AvgIpc) is 2.59. The van der Waals surface area contributed by atoms with Crippen LogP contribution in [-0.2, 0) is 14.6 Å². The molecular formula is C10H19NO4S. The van der Waals surface area contributed by atoms with Crippen LogP contribution < -0.4 is 0 Å². The van der Waals surface area contributed by atoms with Crippen molar-refractivity contribution in [3.63, 3.8) is 0 Å². The smallest absolute Gasteiger partial charge is 0.222 e. The number of aliphatic hydroxyl groups excluding tert-OH is 1.